The number of hydrogen-bond acceptors (Lipinski definition) is 3. The molecular weight excluding hydrogens is 352 g/mol. The number of Topliss-reactive ketones (excluding diaryl/α,β-unsaturated/α-hetero) is 1. The van der Waals surface area contributed by atoms with Gasteiger partial charge in [-0.2, -0.15) is 0 Å². The van der Waals surface area contributed by atoms with Gasteiger partial charge in [0.25, 0.3) is 0 Å². The number of carbonyl (C=O) groups is 2. The van der Waals surface area contributed by atoms with Crippen molar-refractivity contribution in [2.75, 3.05) is 0 Å². The number of allylic oxidation sites excluding steroid dienone is 4. The number of rotatable bonds is 17. The highest BCUT2D eigenvalue weighted by molar-refractivity contribution is 5.88. The molecule has 0 fully saturated rings. The fourth-order valence-corrected chi connectivity index (χ4v) is 3.83. The second-order valence-electron chi connectivity index (χ2n) is 8.07. The number of unbranched alkanes of at least 4 members (excludes halogenated alkanes) is 9. The third-order valence-electron chi connectivity index (χ3n) is 5.65. The number of carboxylic acids is 1. The Bertz CT molecular complexity index is 507. The summed E-state index contributed by atoms with van der Waals surface area (Å²) in [5.41, 5.74) is 1.29. The van der Waals surface area contributed by atoms with Gasteiger partial charge in [0, 0.05) is 12.3 Å². The maximum absolute atomic E-state index is 12.1. The smallest absolute Gasteiger partial charge is 0.332 e. The van der Waals surface area contributed by atoms with Crippen LogP contribution < -0.4 is 0 Å². The van der Waals surface area contributed by atoms with Crippen molar-refractivity contribution in [2.24, 2.45) is 5.92 Å². The van der Waals surface area contributed by atoms with Gasteiger partial charge in [-0.25, -0.2) is 4.79 Å². The van der Waals surface area contributed by atoms with E-state index in [-0.39, 0.29) is 12.3 Å². The molecule has 2 atom stereocenters. The maximum atomic E-state index is 12.1. The first-order chi connectivity index (χ1) is 13.6. The summed E-state index contributed by atoms with van der Waals surface area (Å²) in [6.45, 7) is 2.25. The Labute approximate surface area is 171 Å². The molecule has 1 rings (SSSR count). The molecular formula is C24H40O4. The second-order valence-corrected chi connectivity index (χ2v) is 8.07. The van der Waals surface area contributed by atoms with Crippen LogP contribution in [-0.2, 0) is 9.59 Å². The van der Waals surface area contributed by atoms with E-state index in [1.165, 1.54) is 69.8 Å². The molecule has 0 spiro atoms. The average molecular weight is 393 g/mol. The molecule has 0 saturated heterocycles. The number of aliphatic hydroxyl groups is 1. The molecule has 1 aliphatic rings. The Kier molecular flexibility index (Phi) is 13.6. The van der Waals surface area contributed by atoms with Gasteiger partial charge in [0.1, 0.15) is 5.78 Å². The van der Waals surface area contributed by atoms with Crippen LogP contribution in [0.25, 0.3) is 0 Å². The lowest BCUT2D eigenvalue weighted by Crippen LogP contribution is -2.18. The third-order valence-corrected chi connectivity index (χ3v) is 5.65. The lowest BCUT2D eigenvalue weighted by atomic mass is 9.92. The molecule has 28 heavy (non-hydrogen) atoms. The van der Waals surface area contributed by atoms with E-state index < -0.39 is 12.1 Å². The highest BCUT2D eigenvalue weighted by Crippen LogP contribution is 2.30. The minimum absolute atomic E-state index is 0.0132. The van der Waals surface area contributed by atoms with E-state index in [4.69, 9.17) is 5.11 Å². The summed E-state index contributed by atoms with van der Waals surface area (Å²) < 4.78 is 0. The van der Waals surface area contributed by atoms with Crippen molar-refractivity contribution < 1.29 is 19.8 Å². The van der Waals surface area contributed by atoms with Crippen LogP contribution >= 0.6 is 0 Å². The Balaban J connectivity index is 2.12. The third kappa shape index (κ3) is 10.8. The first kappa shape index (κ1) is 24.6. The summed E-state index contributed by atoms with van der Waals surface area (Å²) in [6.07, 6.45) is 20.9. The molecule has 0 saturated carbocycles. The number of carboxylic acid groups (broad SMARTS) is 1. The molecule has 4 heteroatoms. The van der Waals surface area contributed by atoms with Crippen LogP contribution in [0.2, 0.25) is 0 Å². The summed E-state index contributed by atoms with van der Waals surface area (Å²) >= 11 is 0. The number of hydrogen-bond donors (Lipinski definition) is 2. The first-order valence-electron chi connectivity index (χ1n) is 11.3. The summed E-state index contributed by atoms with van der Waals surface area (Å²) in [6, 6.07) is 0. The quantitative estimate of drug-likeness (QED) is 0.236. The monoisotopic (exact) mass is 392 g/mol. The molecule has 1 unspecified atom stereocenters. The molecule has 0 amide bonds. The number of ketones is 1. The van der Waals surface area contributed by atoms with Crippen molar-refractivity contribution in [2.45, 2.75) is 109 Å². The molecule has 0 aliphatic heterocycles. The summed E-state index contributed by atoms with van der Waals surface area (Å²) in [5.74, 6) is -0.863. The zero-order chi connectivity index (χ0) is 20.6. The normalized spacial score (nSPS) is 18.0. The number of aliphatic carboxylic acids is 1. The summed E-state index contributed by atoms with van der Waals surface area (Å²) in [7, 11) is 0. The molecule has 0 aromatic carbocycles. The van der Waals surface area contributed by atoms with E-state index in [1.54, 1.807) is 0 Å². The van der Waals surface area contributed by atoms with Crippen LogP contribution in [0.1, 0.15) is 103 Å². The van der Waals surface area contributed by atoms with E-state index >= 15 is 0 Å². The predicted molar refractivity (Wildman–Crippen MR) is 114 cm³/mol. The van der Waals surface area contributed by atoms with Crippen LogP contribution in [0.15, 0.2) is 23.8 Å². The largest absolute Gasteiger partial charge is 0.479 e. The molecule has 2 N–H and O–H groups in total. The Hall–Kier alpha value is -1.42. The Morgan fingerprint density at radius 2 is 1.68 bits per heavy atom. The van der Waals surface area contributed by atoms with Gasteiger partial charge in [0.2, 0.25) is 0 Å². The fourth-order valence-electron chi connectivity index (χ4n) is 3.83. The number of aliphatic hydroxyl groups excluding tert-OH is 1. The van der Waals surface area contributed by atoms with E-state index in [0.717, 1.165) is 6.42 Å². The Morgan fingerprint density at radius 3 is 2.29 bits per heavy atom. The minimum atomic E-state index is -1.30. The van der Waals surface area contributed by atoms with Gasteiger partial charge < -0.3 is 10.2 Å². The first-order valence-corrected chi connectivity index (χ1v) is 11.3. The standard InChI is InChI=1S/C24H40O4/c1-2-3-4-5-6-7-8-9-10-12-15-20-18-19-22(25)21(20)16-13-11-14-17-23(26)24(27)28/h11,13,18,21,23,26H,2-10,12,14-17,19H2,1H3,(H,27,28)/t21-,23?/m1/s1. The van der Waals surface area contributed by atoms with Crippen molar-refractivity contribution in [1.29, 1.82) is 0 Å². The Morgan fingerprint density at radius 1 is 1.07 bits per heavy atom. The van der Waals surface area contributed by atoms with Crippen molar-refractivity contribution in [1.82, 2.24) is 0 Å². The van der Waals surface area contributed by atoms with Crippen LogP contribution in [0, 0.1) is 5.92 Å². The summed E-state index contributed by atoms with van der Waals surface area (Å²) in [5, 5.41) is 17.9. The van der Waals surface area contributed by atoms with Crippen LogP contribution in [-0.4, -0.2) is 28.1 Å². The minimum Gasteiger partial charge on any atom is -0.479 e. The van der Waals surface area contributed by atoms with E-state index in [2.05, 4.69) is 13.0 Å². The topological polar surface area (TPSA) is 74.6 Å². The lowest BCUT2D eigenvalue weighted by Gasteiger charge is -2.12. The van der Waals surface area contributed by atoms with Crippen molar-refractivity contribution in [3.63, 3.8) is 0 Å². The van der Waals surface area contributed by atoms with Gasteiger partial charge in [0.05, 0.1) is 0 Å². The van der Waals surface area contributed by atoms with Crippen molar-refractivity contribution >= 4 is 11.8 Å². The molecule has 0 bridgehead atoms. The molecule has 0 aromatic heterocycles. The second kappa shape index (κ2) is 15.5. The van der Waals surface area contributed by atoms with Crippen molar-refractivity contribution in [3.8, 4) is 0 Å². The number of carbonyl (C=O) groups excluding carboxylic acids is 1. The maximum Gasteiger partial charge on any atom is 0.332 e. The van der Waals surface area contributed by atoms with Gasteiger partial charge in [-0.15, -0.1) is 0 Å². The van der Waals surface area contributed by atoms with Crippen LogP contribution in [0.3, 0.4) is 0 Å². The fraction of sp³-hybridized carbons (Fsp3) is 0.750. The molecule has 0 radical (unpaired) electrons. The van der Waals surface area contributed by atoms with E-state index in [9.17, 15) is 14.7 Å². The molecule has 0 heterocycles. The van der Waals surface area contributed by atoms with Gasteiger partial charge in [-0.05, 0) is 32.1 Å². The SMILES string of the molecule is CCCCCCCCCCCCC1=CCC(=O)[C@@H]1CC=CCCC(O)C(=O)O. The molecule has 0 aromatic rings. The van der Waals surface area contributed by atoms with E-state index in [0.29, 0.717) is 25.0 Å². The molecule has 1 aliphatic carbocycles. The van der Waals surface area contributed by atoms with Crippen LogP contribution in [0.4, 0.5) is 0 Å². The van der Waals surface area contributed by atoms with Gasteiger partial charge in [0.15, 0.2) is 6.10 Å². The lowest BCUT2D eigenvalue weighted by molar-refractivity contribution is -0.146. The average Bonchev–Trinajstić information content (AvgIpc) is 3.02. The highest BCUT2D eigenvalue weighted by Gasteiger charge is 2.25. The molecule has 4 nitrogen and oxygen atoms in total. The van der Waals surface area contributed by atoms with Gasteiger partial charge >= 0.3 is 5.97 Å². The van der Waals surface area contributed by atoms with Crippen molar-refractivity contribution in [3.05, 3.63) is 23.8 Å². The van der Waals surface area contributed by atoms with Gasteiger partial charge in [-0.1, -0.05) is 88.5 Å². The zero-order valence-corrected chi connectivity index (χ0v) is 17.7. The van der Waals surface area contributed by atoms with Crippen LogP contribution in [0.5, 0.6) is 0 Å². The summed E-state index contributed by atoms with van der Waals surface area (Å²) in [4.78, 5) is 22.7. The van der Waals surface area contributed by atoms with Gasteiger partial charge in [-0.3, -0.25) is 4.79 Å². The van der Waals surface area contributed by atoms with E-state index in [1.807, 2.05) is 12.2 Å². The highest BCUT2D eigenvalue weighted by atomic mass is 16.4. The molecule has 160 valence electrons. The predicted octanol–water partition coefficient (Wildman–Crippen LogP) is 5.98. The zero-order valence-electron chi connectivity index (χ0n) is 17.7.